The molecule has 1 saturated heterocycles. The Morgan fingerprint density at radius 2 is 2.04 bits per heavy atom. The van der Waals surface area contributed by atoms with Crippen LogP contribution in [0.15, 0.2) is 48.5 Å². The lowest BCUT2D eigenvalue weighted by Gasteiger charge is -2.33. The second kappa shape index (κ2) is 8.85. The van der Waals surface area contributed by atoms with Crippen LogP contribution in [0.1, 0.15) is 27.6 Å². The van der Waals surface area contributed by atoms with Gasteiger partial charge in [-0.2, -0.15) is 0 Å². The van der Waals surface area contributed by atoms with Crippen LogP contribution in [-0.4, -0.2) is 37.6 Å². The van der Waals surface area contributed by atoms with Crippen LogP contribution in [0.5, 0.6) is 5.75 Å². The van der Waals surface area contributed by atoms with Crippen molar-refractivity contribution in [2.24, 2.45) is 5.73 Å². The Morgan fingerprint density at radius 3 is 2.72 bits per heavy atom. The minimum Gasteiger partial charge on any atom is -0.497 e. The van der Waals surface area contributed by atoms with E-state index in [2.05, 4.69) is 0 Å². The molecule has 0 spiro atoms. The van der Waals surface area contributed by atoms with E-state index in [1.54, 1.807) is 7.11 Å². The molecule has 6 heteroatoms. The Kier molecular flexibility index (Phi) is 6.82. The maximum absolute atomic E-state index is 12.7. The molecular weight excluding hydrogens is 340 g/mol. The average molecular weight is 363 g/mol. The highest BCUT2D eigenvalue weighted by molar-refractivity contribution is 5.94. The summed E-state index contributed by atoms with van der Waals surface area (Å²) in [7, 11) is 1.64. The summed E-state index contributed by atoms with van der Waals surface area (Å²) in [4.78, 5) is 14.6. The highest BCUT2D eigenvalue weighted by Crippen LogP contribution is 2.26. The smallest absolute Gasteiger partial charge is 0.254 e. The molecule has 1 amide bonds. The number of halogens is 1. The fourth-order valence-electron chi connectivity index (χ4n) is 2.84. The van der Waals surface area contributed by atoms with Gasteiger partial charge in [-0.05, 0) is 35.4 Å². The molecule has 134 valence electrons. The van der Waals surface area contributed by atoms with Crippen LogP contribution in [0.4, 0.5) is 0 Å². The molecule has 1 fully saturated rings. The van der Waals surface area contributed by atoms with E-state index in [1.807, 2.05) is 53.4 Å². The summed E-state index contributed by atoms with van der Waals surface area (Å²) >= 11 is 0. The molecule has 0 radical (unpaired) electrons. The molecule has 1 aliphatic rings. The van der Waals surface area contributed by atoms with Crippen LogP contribution >= 0.6 is 12.4 Å². The molecule has 2 N–H and O–H groups in total. The van der Waals surface area contributed by atoms with E-state index in [9.17, 15) is 4.79 Å². The summed E-state index contributed by atoms with van der Waals surface area (Å²) in [5.74, 6) is 0.812. The number of nitrogens with two attached hydrogens (primary N) is 1. The zero-order valence-electron chi connectivity index (χ0n) is 14.2. The number of hydrogen-bond acceptors (Lipinski definition) is 4. The number of rotatable bonds is 4. The second-order valence-corrected chi connectivity index (χ2v) is 5.79. The summed E-state index contributed by atoms with van der Waals surface area (Å²) in [6.45, 7) is 2.13. The molecule has 1 atom stereocenters. The van der Waals surface area contributed by atoms with E-state index in [4.69, 9.17) is 15.2 Å². The van der Waals surface area contributed by atoms with Gasteiger partial charge >= 0.3 is 0 Å². The van der Waals surface area contributed by atoms with E-state index < -0.39 is 0 Å². The lowest BCUT2D eigenvalue weighted by Crippen LogP contribution is -2.42. The van der Waals surface area contributed by atoms with Gasteiger partial charge in [0, 0.05) is 18.7 Å². The topological polar surface area (TPSA) is 64.8 Å². The lowest BCUT2D eigenvalue weighted by atomic mass is 10.1. The van der Waals surface area contributed by atoms with Crippen molar-refractivity contribution in [2.45, 2.75) is 12.6 Å². The van der Waals surface area contributed by atoms with Gasteiger partial charge in [0.2, 0.25) is 0 Å². The fourth-order valence-corrected chi connectivity index (χ4v) is 2.84. The van der Waals surface area contributed by atoms with E-state index in [-0.39, 0.29) is 24.4 Å². The van der Waals surface area contributed by atoms with Gasteiger partial charge in [0.15, 0.2) is 0 Å². The molecule has 5 nitrogen and oxygen atoms in total. The van der Waals surface area contributed by atoms with Crippen LogP contribution in [0.3, 0.4) is 0 Å². The van der Waals surface area contributed by atoms with Crippen molar-refractivity contribution in [3.8, 4) is 5.75 Å². The SMILES string of the molecule is COc1cccc(C2CN(C(=O)c3ccc(CN)cc3)CCO2)c1.Cl. The van der Waals surface area contributed by atoms with Crippen molar-refractivity contribution >= 4 is 18.3 Å². The molecule has 0 bridgehead atoms. The minimum absolute atomic E-state index is 0. The third-order valence-electron chi connectivity index (χ3n) is 4.26. The quantitative estimate of drug-likeness (QED) is 0.908. The molecule has 1 aliphatic heterocycles. The predicted molar refractivity (Wildman–Crippen MR) is 99.2 cm³/mol. The lowest BCUT2D eigenvalue weighted by molar-refractivity contribution is -0.0228. The number of morpholine rings is 1. The molecule has 1 unspecified atom stereocenters. The van der Waals surface area contributed by atoms with Gasteiger partial charge in [-0.1, -0.05) is 24.3 Å². The number of ether oxygens (including phenoxy) is 2. The Hall–Kier alpha value is -2.08. The Bertz CT molecular complexity index is 706. The number of methoxy groups -OCH3 is 1. The summed E-state index contributed by atoms with van der Waals surface area (Å²) in [6.07, 6.45) is -0.138. The number of benzene rings is 2. The third-order valence-corrected chi connectivity index (χ3v) is 4.26. The number of nitrogens with zero attached hydrogens (tertiary/aromatic N) is 1. The van der Waals surface area contributed by atoms with Gasteiger partial charge in [0.1, 0.15) is 11.9 Å². The highest BCUT2D eigenvalue weighted by Gasteiger charge is 2.26. The van der Waals surface area contributed by atoms with Crippen LogP contribution in [0.2, 0.25) is 0 Å². The molecule has 0 aromatic heterocycles. The number of amides is 1. The molecular formula is C19H23ClN2O3. The van der Waals surface area contributed by atoms with Crippen molar-refractivity contribution in [1.29, 1.82) is 0 Å². The van der Waals surface area contributed by atoms with Gasteiger partial charge in [0.25, 0.3) is 5.91 Å². The van der Waals surface area contributed by atoms with Crippen LogP contribution in [0, 0.1) is 0 Å². The largest absolute Gasteiger partial charge is 0.497 e. The first-order valence-corrected chi connectivity index (χ1v) is 8.05. The zero-order chi connectivity index (χ0) is 16.9. The Balaban J connectivity index is 0.00000225. The first-order chi connectivity index (χ1) is 11.7. The molecule has 3 rings (SSSR count). The molecule has 0 aliphatic carbocycles. The molecule has 1 heterocycles. The summed E-state index contributed by atoms with van der Waals surface area (Å²) in [5.41, 5.74) is 8.32. The van der Waals surface area contributed by atoms with Crippen molar-refractivity contribution in [3.05, 3.63) is 65.2 Å². The minimum atomic E-state index is -0.138. The van der Waals surface area contributed by atoms with Gasteiger partial charge in [-0.25, -0.2) is 0 Å². The molecule has 2 aromatic carbocycles. The highest BCUT2D eigenvalue weighted by atomic mass is 35.5. The zero-order valence-corrected chi connectivity index (χ0v) is 15.0. The number of hydrogen-bond donors (Lipinski definition) is 1. The van der Waals surface area contributed by atoms with E-state index >= 15 is 0 Å². The normalized spacial score (nSPS) is 16.9. The van der Waals surface area contributed by atoms with Crippen molar-refractivity contribution in [3.63, 3.8) is 0 Å². The van der Waals surface area contributed by atoms with Crippen LogP contribution in [-0.2, 0) is 11.3 Å². The van der Waals surface area contributed by atoms with E-state index in [1.165, 1.54) is 0 Å². The summed E-state index contributed by atoms with van der Waals surface area (Å²) in [5, 5.41) is 0. The Morgan fingerprint density at radius 1 is 1.28 bits per heavy atom. The predicted octanol–water partition coefficient (Wildman–Crippen LogP) is 2.79. The average Bonchev–Trinajstić information content (AvgIpc) is 2.67. The van der Waals surface area contributed by atoms with Crippen molar-refractivity contribution in [1.82, 2.24) is 4.90 Å². The van der Waals surface area contributed by atoms with Crippen LogP contribution < -0.4 is 10.5 Å². The van der Waals surface area contributed by atoms with E-state index in [0.29, 0.717) is 31.8 Å². The fraction of sp³-hybridized carbons (Fsp3) is 0.316. The molecule has 0 saturated carbocycles. The number of carbonyl (C=O) groups is 1. The summed E-state index contributed by atoms with van der Waals surface area (Å²) < 4.78 is 11.1. The van der Waals surface area contributed by atoms with Gasteiger partial charge in [-0.15, -0.1) is 12.4 Å². The van der Waals surface area contributed by atoms with Gasteiger partial charge in [0.05, 0.1) is 20.3 Å². The van der Waals surface area contributed by atoms with Crippen molar-refractivity contribution in [2.75, 3.05) is 26.8 Å². The third kappa shape index (κ3) is 4.51. The second-order valence-electron chi connectivity index (χ2n) is 5.79. The Labute approximate surface area is 154 Å². The number of carbonyl (C=O) groups excluding carboxylic acids is 1. The summed E-state index contributed by atoms with van der Waals surface area (Å²) in [6, 6.07) is 15.2. The van der Waals surface area contributed by atoms with Crippen molar-refractivity contribution < 1.29 is 14.3 Å². The molecule has 2 aromatic rings. The monoisotopic (exact) mass is 362 g/mol. The maximum Gasteiger partial charge on any atom is 0.254 e. The van der Waals surface area contributed by atoms with Crippen LogP contribution in [0.25, 0.3) is 0 Å². The maximum atomic E-state index is 12.7. The first-order valence-electron chi connectivity index (χ1n) is 8.05. The first kappa shape index (κ1) is 19.2. The van der Waals surface area contributed by atoms with Gasteiger partial charge < -0.3 is 20.1 Å². The molecule has 25 heavy (non-hydrogen) atoms. The standard InChI is InChI=1S/C19H22N2O3.ClH/c1-23-17-4-2-3-16(11-17)18-13-21(9-10-24-18)19(22)15-7-5-14(12-20)6-8-15;/h2-8,11,18H,9-10,12-13,20H2,1H3;1H. The van der Waals surface area contributed by atoms with Gasteiger partial charge in [-0.3, -0.25) is 4.79 Å². The van der Waals surface area contributed by atoms with E-state index in [0.717, 1.165) is 16.9 Å².